The highest BCUT2D eigenvalue weighted by atomic mass is 17.7. The highest BCUT2D eigenvalue weighted by Gasteiger charge is 1.62. The molecule has 0 aliphatic heterocycles. The van der Waals surface area contributed by atoms with Crippen molar-refractivity contribution < 1.29 is 19.9 Å². The third-order valence-corrected chi connectivity index (χ3v) is 0.124. The summed E-state index contributed by atoms with van der Waals surface area (Å²) < 4.78 is 0. The van der Waals surface area contributed by atoms with Crippen LogP contribution in [0.3, 0.4) is 0 Å². The van der Waals surface area contributed by atoms with Gasteiger partial charge in [-0.25, -0.2) is 0 Å². The van der Waals surface area contributed by atoms with Crippen molar-refractivity contribution in [3.8, 4) is 0 Å². The van der Waals surface area contributed by atoms with Gasteiger partial charge in [0.2, 0.25) is 0 Å². The maximum atomic E-state index is 3.64. The molecule has 0 aliphatic carbocycles. The predicted molar refractivity (Wildman–Crippen MR) is 15.1 cm³/mol. The first kappa shape index (κ1) is 5.84. The molecule has 0 aromatic heterocycles. The number of hydrogen-bond acceptors (Lipinski definition) is 4. The second-order valence-corrected chi connectivity index (χ2v) is 0.372. The number of rotatable bonds is 3. The molecule has 0 fully saturated rings. The van der Waals surface area contributed by atoms with Gasteiger partial charge >= 0.3 is 0 Å². The summed E-state index contributed by atoms with van der Waals surface area (Å²) in [6, 6.07) is 0. The summed E-state index contributed by atoms with van der Waals surface area (Å²) in [5, 5.41) is 7.17. The highest BCUT2D eigenvalue weighted by Crippen LogP contribution is 1.75. The van der Waals surface area contributed by atoms with E-state index < -0.39 is 0 Å². The van der Waals surface area contributed by atoms with E-state index in [1.807, 2.05) is 0 Å². The Balaban J connectivity index is 2.34. The fourth-order valence-electron chi connectivity index (χ4n) is 0.0393. The van der Waals surface area contributed by atoms with E-state index in [-0.39, 0.29) is 0 Å². The molecule has 4 nitrogen and oxygen atoms in total. The molecule has 0 radical (unpaired) electrons. The van der Waals surface area contributed by atoms with Gasteiger partial charge in [0.1, 0.15) is 0 Å². The molecule has 0 spiro atoms. The van der Waals surface area contributed by atoms with E-state index >= 15 is 0 Å². The molecule has 0 bridgehead atoms. The summed E-state index contributed by atoms with van der Waals surface area (Å²) in [5.74, 6) is 0. The van der Waals surface area contributed by atoms with E-state index in [9.17, 15) is 0 Å². The quantitative estimate of drug-likeness (QED) is 0.218. The molecule has 0 rings (SSSR count). The molecule has 0 aliphatic rings. The van der Waals surface area contributed by atoms with Crippen molar-refractivity contribution in [3.63, 3.8) is 0 Å². The van der Waals surface area contributed by atoms with Crippen LogP contribution in [0.25, 0.3) is 0 Å². The van der Waals surface area contributed by atoms with Crippen LogP contribution in [-0.4, -0.2) is 0 Å². The average molecular weight is 92.0 g/mol. The monoisotopic (exact) mass is 92.0 g/mol. The summed E-state index contributed by atoms with van der Waals surface area (Å²) >= 11 is 0. The summed E-state index contributed by atoms with van der Waals surface area (Å²) in [7, 11) is 5.54. The Morgan fingerprint density at radius 1 is 0.833 bits per heavy atom. The van der Waals surface area contributed by atoms with Crippen LogP contribution in [-0.2, 0) is 19.9 Å². The van der Waals surface area contributed by atoms with Crippen LogP contribution < -0.4 is 0 Å². The third-order valence-electron chi connectivity index (χ3n) is 0.124. The fraction of sp³-hybridized carbons (Fsp3) is 0. The Bertz CT molecular complexity index is 17.5. The summed E-state index contributed by atoms with van der Waals surface area (Å²) in [4.78, 5) is 7.29. The molecule has 4 heteroatoms. The van der Waals surface area contributed by atoms with Crippen molar-refractivity contribution in [2.45, 2.75) is 0 Å². The van der Waals surface area contributed by atoms with E-state index in [1.165, 1.54) is 0 Å². The van der Waals surface area contributed by atoms with E-state index in [1.54, 1.807) is 0 Å². The Morgan fingerprint density at radius 2 is 1.17 bits per heavy atom. The van der Waals surface area contributed by atoms with Crippen LogP contribution in [0.5, 0.6) is 0 Å². The van der Waals surface area contributed by atoms with Crippen molar-refractivity contribution in [1.82, 2.24) is 0 Å². The second kappa shape index (κ2) is 4.84. The van der Waals surface area contributed by atoms with Gasteiger partial charge in [-0.2, -0.15) is 14.2 Å². The predicted octanol–water partition coefficient (Wildman–Crippen LogP) is 0.381. The molecular weight excluding hydrogens is 88.0 g/mol. The van der Waals surface area contributed by atoms with E-state index in [0.717, 1.165) is 0 Å². The van der Waals surface area contributed by atoms with Gasteiger partial charge in [-0.15, -0.1) is 0 Å². The molecule has 0 unspecified atom stereocenters. The lowest BCUT2D eigenvalue weighted by Gasteiger charge is -2.00. The standard InChI is InChI=1S/C2H4O4/c1-3-5-6-4-2/h1-2H2/q-2. The lowest BCUT2D eigenvalue weighted by Crippen LogP contribution is -1.85. The lowest BCUT2D eigenvalue weighted by molar-refractivity contribution is -0.610. The van der Waals surface area contributed by atoms with Crippen LogP contribution in [0.2, 0.25) is 0 Å². The molecule has 6 heavy (non-hydrogen) atoms. The van der Waals surface area contributed by atoms with Gasteiger partial charge in [-0.3, -0.25) is 0 Å². The zero-order valence-corrected chi connectivity index (χ0v) is 3.05. The maximum Gasteiger partial charge on any atom is -0.0739 e. The molecule has 0 aromatic rings. The van der Waals surface area contributed by atoms with E-state index in [0.29, 0.717) is 0 Å². The van der Waals surface area contributed by atoms with Gasteiger partial charge in [-0.1, -0.05) is 10.1 Å². The summed E-state index contributed by atoms with van der Waals surface area (Å²) in [6.45, 7) is 0. The van der Waals surface area contributed by atoms with Gasteiger partial charge in [0.05, 0.1) is 0 Å². The molecule has 0 saturated heterocycles. The Morgan fingerprint density at radius 3 is 1.33 bits per heavy atom. The van der Waals surface area contributed by atoms with Crippen molar-refractivity contribution in [3.05, 3.63) is 14.2 Å². The second-order valence-electron chi connectivity index (χ2n) is 0.372. The minimum Gasteiger partial charge on any atom is -0.383 e. The number of hydrogen-bond donors (Lipinski definition) is 0. The smallest absolute Gasteiger partial charge is 0.0739 e. The van der Waals surface area contributed by atoms with Crippen molar-refractivity contribution in [2.75, 3.05) is 0 Å². The fourth-order valence-corrected chi connectivity index (χ4v) is 0.0393. The minimum absolute atomic E-state index is 2.77. The third kappa shape index (κ3) is 3.84. The van der Waals surface area contributed by atoms with Gasteiger partial charge in [-0.05, 0) is 0 Å². The van der Waals surface area contributed by atoms with Crippen LogP contribution >= 0.6 is 0 Å². The Kier molecular flexibility index (Phi) is 4.71. The Hall–Kier alpha value is -0.160. The summed E-state index contributed by atoms with van der Waals surface area (Å²) in [6.07, 6.45) is 0. The van der Waals surface area contributed by atoms with Crippen molar-refractivity contribution >= 4 is 0 Å². The molecule has 0 N–H and O–H groups in total. The topological polar surface area (TPSA) is 36.9 Å². The first-order valence-corrected chi connectivity index (χ1v) is 1.08. The van der Waals surface area contributed by atoms with Gasteiger partial charge in [0.15, 0.2) is 0 Å². The van der Waals surface area contributed by atoms with Crippen LogP contribution in [0.4, 0.5) is 0 Å². The summed E-state index contributed by atoms with van der Waals surface area (Å²) in [5.41, 5.74) is 0. The SMILES string of the molecule is [CH2-]OOOO[CH2-]. The first-order chi connectivity index (χ1) is 2.91. The van der Waals surface area contributed by atoms with Gasteiger partial charge < -0.3 is 9.78 Å². The maximum absolute atomic E-state index is 3.64. The van der Waals surface area contributed by atoms with Crippen LogP contribution in [0, 0.1) is 14.2 Å². The molecule has 0 saturated carbocycles. The zero-order valence-electron chi connectivity index (χ0n) is 3.05. The van der Waals surface area contributed by atoms with E-state index in [2.05, 4.69) is 34.1 Å². The molecule has 0 aromatic carbocycles. The molecule has 38 valence electrons. The average Bonchev–Trinajstić information content (AvgIpc) is 1.61. The molecule has 0 atom stereocenters. The normalized spacial score (nSPS) is 9.00. The highest BCUT2D eigenvalue weighted by molar-refractivity contribution is 3.74. The van der Waals surface area contributed by atoms with Gasteiger partial charge in [0, 0.05) is 0 Å². The molecule has 0 amide bonds. The largest absolute Gasteiger partial charge is 0.383 e. The first-order valence-electron chi connectivity index (χ1n) is 1.08. The van der Waals surface area contributed by atoms with Gasteiger partial charge in [0.25, 0.3) is 0 Å². The van der Waals surface area contributed by atoms with Crippen LogP contribution in [0.1, 0.15) is 0 Å². The van der Waals surface area contributed by atoms with Crippen molar-refractivity contribution in [1.29, 1.82) is 0 Å². The minimum atomic E-state index is 2.77. The van der Waals surface area contributed by atoms with E-state index in [4.69, 9.17) is 0 Å². The zero-order chi connectivity index (χ0) is 4.83. The molecule has 0 heterocycles. The van der Waals surface area contributed by atoms with Crippen molar-refractivity contribution in [2.24, 2.45) is 0 Å². The Labute approximate surface area is 35.3 Å². The van der Waals surface area contributed by atoms with Crippen LogP contribution in [0.15, 0.2) is 0 Å². The molecular formula is C2H4O4-2. The lowest BCUT2D eigenvalue weighted by atomic mass is 11.8.